The highest BCUT2D eigenvalue weighted by Crippen LogP contribution is 2.28. The number of aromatic hydroxyl groups is 1. The summed E-state index contributed by atoms with van der Waals surface area (Å²) >= 11 is 0. The summed E-state index contributed by atoms with van der Waals surface area (Å²) in [5.74, 6) is 0.799. The van der Waals surface area contributed by atoms with E-state index in [4.69, 9.17) is 9.47 Å². The maximum atomic E-state index is 11.9. The molecule has 6 heteroatoms. The number of carbonyl (C=O) groups excluding carboxylic acids is 1. The van der Waals surface area contributed by atoms with Crippen molar-refractivity contribution in [2.45, 2.75) is 39.3 Å². The molecule has 0 saturated heterocycles. The van der Waals surface area contributed by atoms with Crippen LogP contribution in [0.4, 0.5) is 4.79 Å². The molecule has 1 atom stereocenters. The van der Waals surface area contributed by atoms with E-state index in [0.717, 1.165) is 5.56 Å². The van der Waals surface area contributed by atoms with Crippen LogP contribution in [0.3, 0.4) is 0 Å². The van der Waals surface area contributed by atoms with Gasteiger partial charge < -0.3 is 24.8 Å². The molecule has 0 aliphatic heterocycles. The van der Waals surface area contributed by atoms with E-state index in [1.165, 1.54) is 4.90 Å². The van der Waals surface area contributed by atoms with Crippen LogP contribution in [0.1, 0.15) is 39.3 Å². The van der Waals surface area contributed by atoms with Gasteiger partial charge in [-0.05, 0) is 33.8 Å². The molecule has 6 nitrogen and oxygen atoms in total. The van der Waals surface area contributed by atoms with Gasteiger partial charge >= 0.3 is 6.09 Å². The molecule has 0 saturated carbocycles. The molecule has 0 spiro atoms. The number of hydrogen-bond donors (Lipinski definition) is 2. The monoisotopic (exact) mass is 324 g/mol. The molecular weight excluding hydrogens is 296 g/mol. The summed E-state index contributed by atoms with van der Waals surface area (Å²) in [6.07, 6.45) is -0.348. The number of benzene rings is 1. The second kappa shape index (κ2) is 8.06. The Morgan fingerprint density at radius 2 is 2.04 bits per heavy atom. The van der Waals surface area contributed by atoms with Crippen LogP contribution in [-0.4, -0.2) is 48.9 Å². The Labute approximate surface area is 138 Å². The fourth-order valence-corrected chi connectivity index (χ4v) is 2.01. The Morgan fingerprint density at radius 1 is 1.39 bits per heavy atom. The molecule has 0 aliphatic carbocycles. The zero-order valence-corrected chi connectivity index (χ0v) is 14.8. The molecule has 0 bridgehead atoms. The number of methoxy groups -OCH3 is 1. The van der Waals surface area contributed by atoms with Crippen molar-refractivity contribution in [1.29, 1.82) is 0 Å². The summed E-state index contributed by atoms with van der Waals surface area (Å²) in [6.45, 7) is 8.57. The van der Waals surface area contributed by atoms with Crippen LogP contribution >= 0.6 is 0 Å². The SMILES string of the molecule is COc1ccc(C(C)NCCN(C)C(=O)OC(C)(C)C)c(O)c1. The fraction of sp³-hybridized carbons (Fsp3) is 0.588. The minimum absolute atomic E-state index is 0.0482. The molecule has 1 aromatic rings. The number of phenolic OH excluding ortho intramolecular Hbond substituents is 1. The number of phenols is 1. The maximum Gasteiger partial charge on any atom is 0.410 e. The largest absolute Gasteiger partial charge is 0.507 e. The van der Waals surface area contributed by atoms with Gasteiger partial charge in [0, 0.05) is 37.8 Å². The Balaban J connectivity index is 2.47. The summed E-state index contributed by atoms with van der Waals surface area (Å²) in [6, 6.07) is 5.16. The van der Waals surface area contributed by atoms with Crippen molar-refractivity contribution < 1.29 is 19.4 Å². The fourth-order valence-electron chi connectivity index (χ4n) is 2.01. The summed E-state index contributed by atoms with van der Waals surface area (Å²) in [5.41, 5.74) is 0.284. The van der Waals surface area contributed by atoms with Crippen molar-refractivity contribution in [2.75, 3.05) is 27.2 Å². The second-order valence-electron chi connectivity index (χ2n) is 6.50. The lowest BCUT2D eigenvalue weighted by molar-refractivity contribution is 0.0299. The van der Waals surface area contributed by atoms with Crippen LogP contribution in [0.2, 0.25) is 0 Å². The van der Waals surface area contributed by atoms with Gasteiger partial charge in [-0.3, -0.25) is 0 Å². The normalized spacial score (nSPS) is 12.6. The van der Waals surface area contributed by atoms with Gasteiger partial charge in [-0.1, -0.05) is 6.07 Å². The molecule has 1 unspecified atom stereocenters. The van der Waals surface area contributed by atoms with Gasteiger partial charge in [0.2, 0.25) is 0 Å². The molecule has 0 fully saturated rings. The van der Waals surface area contributed by atoms with E-state index in [1.54, 1.807) is 26.3 Å². The molecule has 1 aromatic carbocycles. The average Bonchev–Trinajstić information content (AvgIpc) is 2.44. The molecule has 130 valence electrons. The van der Waals surface area contributed by atoms with Gasteiger partial charge in [0.25, 0.3) is 0 Å². The Hall–Kier alpha value is -1.95. The number of rotatable bonds is 6. The second-order valence-corrected chi connectivity index (χ2v) is 6.50. The van der Waals surface area contributed by atoms with E-state index in [-0.39, 0.29) is 17.9 Å². The molecule has 2 N–H and O–H groups in total. The van der Waals surface area contributed by atoms with Crippen molar-refractivity contribution in [3.63, 3.8) is 0 Å². The molecule has 1 rings (SSSR count). The lowest BCUT2D eigenvalue weighted by Crippen LogP contribution is -2.38. The molecule has 1 amide bonds. The van der Waals surface area contributed by atoms with Gasteiger partial charge in [-0.2, -0.15) is 0 Å². The van der Waals surface area contributed by atoms with E-state index in [1.807, 2.05) is 33.8 Å². The van der Waals surface area contributed by atoms with Gasteiger partial charge in [-0.25, -0.2) is 4.79 Å². The van der Waals surface area contributed by atoms with Crippen molar-refractivity contribution in [1.82, 2.24) is 10.2 Å². The predicted octanol–water partition coefficient (Wildman–Crippen LogP) is 2.92. The van der Waals surface area contributed by atoms with Crippen molar-refractivity contribution in [2.24, 2.45) is 0 Å². The van der Waals surface area contributed by atoms with E-state index in [0.29, 0.717) is 18.8 Å². The van der Waals surface area contributed by atoms with Crippen LogP contribution in [0.5, 0.6) is 11.5 Å². The average molecular weight is 324 g/mol. The number of likely N-dealkylation sites (N-methyl/N-ethyl adjacent to an activating group) is 1. The van der Waals surface area contributed by atoms with Crippen LogP contribution in [-0.2, 0) is 4.74 Å². The van der Waals surface area contributed by atoms with E-state index in [9.17, 15) is 9.90 Å². The lowest BCUT2D eigenvalue weighted by atomic mass is 10.1. The molecule has 0 aliphatic rings. The number of hydrogen-bond acceptors (Lipinski definition) is 5. The molecular formula is C17H28N2O4. The number of nitrogens with zero attached hydrogens (tertiary/aromatic N) is 1. The summed E-state index contributed by atoms with van der Waals surface area (Å²) < 4.78 is 10.4. The maximum absolute atomic E-state index is 11.9. The highest BCUT2D eigenvalue weighted by atomic mass is 16.6. The quantitative estimate of drug-likeness (QED) is 0.842. The van der Waals surface area contributed by atoms with Gasteiger partial charge in [0.1, 0.15) is 17.1 Å². The first-order chi connectivity index (χ1) is 10.6. The van der Waals surface area contributed by atoms with Crippen molar-refractivity contribution in [3.05, 3.63) is 23.8 Å². The zero-order chi connectivity index (χ0) is 17.6. The van der Waals surface area contributed by atoms with E-state index in [2.05, 4.69) is 5.32 Å². The Kier molecular flexibility index (Phi) is 6.69. The Bertz CT molecular complexity index is 526. The third-order valence-electron chi connectivity index (χ3n) is 3.31. The van der Waals surface area contributed by atoms with Gasteiger partial charge in [-0.15, -0.1) is 0 Å². The van der Waals surface area contributed by atoms with E-state index >= 15 is 0 Å². The standard InChI is InChI=1S/C17H28N2O4/c1-12(14-8-7-13(22-6)11-15(14)20)18-9-10-19(5)16(21)23-17(2,3)4/h7-8,11-12,18,20H,9-10H2,1-6H3. The number of ether oxygens (including phenoxy) is 2. The van der Waals surface area contributed by atoms with Crippen LogP contribution in [0, 0.1) is 0 Å². The molecule has 0 aromatic heterocycles. The first kappa shape index (κ1) is 19.1. The van der Waals surface area contributed by atoms with Crippen LogP contribution in [0.15, 0.2) is 18.2 Å². The minimum atomic E-state index is -0.499. The van der Waals surface area contributed by atoms with Crippen molar-refractivity contribution in [3.8, 4) is 11.5 Å². The third-order valence-corrected chi connectivity index (χ3v) is 3.31. The highest BCUT2D eigenvalue weighted by molar-refractivity contribution is 5.67. The summed E-state index contributed by atoms with van der Waals surface area (Å²) in [4.78, 5) is 13.4. The predicted molar refractivity (Wildman–Crippen MR) is 89.9 cm³/mol. The van der Waals surface area contributed by atoms with Gasteiger partial charge in [0.05, 0.1) is 7.11 Å². The lowest BCUT2D eigenvalue weighted by Gasteiger charge is -2.25. The molecule has 0 radical (unpaired) electrons. The first-order valence-electron chi connectivity index (χ1n) is 7.68. The number of nitrogens with one attached hydrogen (secondary N) is 1. The number of amides is 1. The first-order valence-corrected chi connectivity index (χ1v) is 7.68. The highest BCUT2D eigenvalue weighted by Gasteiger charge is 2.19. The third kappa shape index (κ3) is 6.36. The Morgan fingerprint density at radius 3 is 2.57 bits per heavy atom. The van der Waals surface area contributed by atoms with Crippen molar-refractivity contribution >= 4 is 6.09 Å². The zero-order valence-electron chi connectivity index (χ0n) is 14.8. The molecule has 0 heterocycles. The summed E-state index contributed by atoms with van der Waals surface area (Å²) in [5, 5.41) is 13.3. The van der Waals surface area contributed by atoms with Crippen LogP contribution < -0.4 is 10.1 Å². The topological polar surface area (TPSA) is 71.0 Å². The summed E-state index contributed by atoms with van der Waals surface area (Å²) in [7, 11) is 3.26. The van der Waals surface area contributed by atoms with E-state index < -0.39 is 5.60 Å². The van der Waals surface area contributed by atoms with Gasteiger partial charge in [0.15, 0.2) is 0 Å². The smallest absolute Gasteiger partial charge is 0.410 e. The molecule has 23 heavy (non-hydrogen) atoms. The number of carbonyl (C=O) groups is 1. The minimum Gasteiger partial charge on any atom is -0.507 e. The van der Waals surface area contributed by atoms with Crippen LogP contribution in [0.25, 0.3) is 0 Å².